The van der Waals surface area contributed by atoms with Crippen LogP contribution in [-0.4, -0.2) is 57.7 Å². The smallest absolute Gasteiger partial charge is 0.239 e. The number of rotatable bonds is 6. The third-order valence-electron chi connectivity index (χ3n) is 16.5. The molecule has 111 heavy (non-hydrogen) atoms. The van der Waals surface area contributed by atoms with Crippen LogP contribution in [0.15, 0.2) is 292 Å². The summed E-state index contributed by atoms with van der Waals surface area (Å²) < 4.78 is 124. The maximum atomic E-state index is 13.0. The van der Waals surface area contributed by atoms with Crippen LogP contribution in [0, 0.1) is 0 Å². The monoisotopic (exact) mass is 1670 g/mol. The van der Waals surface area contributed by atoms with Gasteiger partial charge in [-0.1, -0.05) is 189 Å². The van der Waals surface area contributed by atoms with Gasteiger partial charge in [-0.2, -0.15) is 70.1 Å². The lowest BCUT2D eigenvalue weighted by molar-refractivity contribution is -0.138. The summed E-state index contributed by atoms with van der Waals surface area (Å²) >= 11 is 53.3. The molecule has 0 atom stereocenters. The van der Waals surface area contributed by atoms with Crippen molar-refractivity contribution in [2.24, 2.45) is 0 Å². The van der Waals surface area contributed by atoms with Crippen LogP contribution >= 0.6 is 104 Å². The van der Waals surface area contributed by atoms with E-state index in [0.717, 1.165) is 96.7 Å². The topological polar surface area (TPSA) is 104 Å². The Labute approximate surface area is 669 Å². The average Bonchev–Trinajstić information content (AvgIpc) is 1.71. The molecule has 12 nitrogen and oxygen atoms in total. The van der Waals surface area contributed by atoms with E-state index in [9.17, 15) is 39.5 Å². The molecule has 18 aromatic rings. The summed E-state index contributed by atoms with van der Waals surface area (Å²) in [5, 5.41) is 31.7. The number of hydrogen-bond donors (Lipinski definition) is 0. The second kappa shape index (κ2) is 33.6. The summed E-state index contributed by atoms with van der Waals surface area (Å²) in [5.41, 5.74) is 11.2. The maximum Gasteiger partial charge on any atom is 0.417 e. The average molecular weight is 1680 g/mol. The highest BCUT2D eigenvalue weighted by molar-refractivity contribution is 6.34. The zero-order chi connectivity index (χ0) is 78.5. The molecule has 0 saturated carbocycles. The lowest BCUT2D eigenvalue weighted by Gasteiger charge is -2.10. The molecular weight excluding hydrogens is 1630 g/mol. The van der Waals surface area contributed by atoms with Gasteiger partial charge in [-0.25, -0.2) is 27.1 Å². The van der Waals surface area contributed by atoms with Crippen molar-refractivity contribution in [3.05, 3.63) is 354 Å². The highest BCUT2D eigenvalue weighted by Gasteiger charge is 2.34. The van der Waals surface area contributed by atoms with Crippen LogP contribution < -0.4 is 0 Å². The molecule has 558 valence electrons. The summed E-state index contributed by atoms with van der Waals surface area (Å²) in [5.74, 6) is 0. The van der Waals surface area contributed by atoms with Crippen LogP contribution in [0.5, 0.6) is 0 Å². The van der Waals surface area contributed by atoms with Crippen LogP contribution in [0.2, 0.25) is 45.2 Å². The fourth-order valence-corrected chi connectivity index (χ4v) is 12.7. The lowest BCUT2D eigenvalue weighted by atomic mass is 10.0. The standard InChI is InChI=1S/3C14H8ClF3N2.3C13H8Cl2N2/c15-11-5-6-12-7-13(19-20(12)8-11)9-1-3-10(4-2-9)14(16,17)18;15-11-4-5-12-7-13(19-20(12)8-11)9-2-1-3-10(6-9)14(16,17)18;15-9-5-6-10-7-13(19-20(10)8-9)11-3-1-2-4-12(11)14(16,17)18;14-10-3-1-9(2-4-10)13-7-12-6-5-11(15)8-17(12)16-13;14-10-3-1-2-9(6-10)13-7-12-5-4-11(15)8-17(12)16-13;14-9-5-6-10-7-13(16-17(10)8-9)11-3-1-2-4-12(11)15/h3*1-8H;3*1-8H. The Balaban J connectivity index is 0.000000117. The van der Waals surface area contributed by atoms with E-state index in [1.807, 2.05) is 127 Å². The van der Waals surface area contributed by atoms with E-state index in [1.165, 1.54) is 39.4 Å². The van der Waals surface area contributed by atoms with E-state index in [4.69, 9.17) is 104 Å². The number of pyridine rings is 6. The van der Waals surface area contributed by atoms with Crippen LogP contribution in [0.1, 0.15) is 16.7 Å². The van der Waals surface area contributed by atoms with Gasteiger partial charge in [-0.15, -0.1) is 0 Å². The molecule has 0 aliphatic heterocycles. The SMILES string of the molecule is Clc1ccc(-c2cc3ccc(Cl)cn3n2)cc1.Clc1ccc2cc(-c3ccccc3Cl)nn2c1.Clc1cccc(-c2cc3ccc(Cl)cn3n2)c1.FC(F)(F)c1ccc(-c2cc3ccc(Cl)cn3n2)cc1.FC(F)(F)c1cccc(-c2cc3ccc(Cl)cn3n2)c1.FC(F)(F)c1ccccc1-c1cc2ccc(Cl)cn2n1. The van der Waals surface area contributed by atoms with Gasteiger partial charge in [0.25, 0.3) is 0 Å². The molecule has 0 spiro atoms. The van der Waals surface area contributed by atoms with Gasteiger partial charge in [0, 0.05) is 80.6 Å². The maximum absolute atomic E-state index is 13.0. The Bertz CT molecular complexity index is 6350. The number of halogens is 18. The zero-order valence-corrected chi connectivity index (χ0v) is 63.2. The number of benzene rings is 6. The summed E-state index contributed by atoms with van der Waals surface area (Å²) in [7, 11) is 0. The van der Waals surface area contributed by atoms with Gasteiger partial charge >= 0.3 is 18.5 Å². The number of fused-ring (bicyclic) bond motifs is 6. The molecule has 0 aliphatic rings. The van der Waals surface area contributed by atoms with Crippen LogP contribution in [0.25, 0.3) is 101 Å². The lowest BCUT2D eigenvalue weighted by Crippen LogP contribution is -2.07. The summed E-state index contributed by atoms with van der Waals surface area (Å²) in [4.78, 5) is 0. The Morgan fingerprint density at radius 2 is 0.523 bits per heavy atom. The summed E-state index contributed by atoms with van der Waals surface area (Å²) in [6.07, 6.45) is -2.96. The number of hydrogen-bond acceptors (Lipinski definition) is 6. The van der Waals surface area contributed by atoms with Crippen molar-refractivity contribution in [3.63, 3.8) is 0 Å². The van der Waals surface area contributed by atoms with Crippen molar-refractivity contribution < 1.29 is 39.5 Å². The molecule has 0 fully saturated rings. The van der Waals surface area contributed by atoms with Gasteiger partial charge in [0.1, 0.15) is 0 Å². The molecule has 18 rings (SSSR count). The van der Waals surface area contributed by atoms with Crippen molar-refractivity contribution in [2.45, 2.75) is 18.5 Å². The molecule has 0 bridgehead atoms. The van der Waals surface area contributed by atoms with E-state index >= 15 is 0 Å². The van der Waals surface area contributed by atoms with Crippen molar-refractivity contribution in [2.75, 3.05) is 0 Å². The molecule has 0 unspecified atom stereocenters. The minimum absolute atomic E-state index is 0.0554. The highest BCUT2D eigenvalue weighted by atomic mass is 35.5. The third kappa shape index (κ3) is 19.6. The van der Waals surface area contributed by atoms with Gasteiger partial charge in [0.15, 0.2) is 0 Å². The second-order valence-electron chi connectivity index (χ2n) is 24.2. The third-order valence-corrected chi connectivity index (χ3v) is 18.6. The first-order valence-electron chi connectivity index (χ1n) is 32.7. The molecule has 0 aliphatic carbocycles. The van der Waals surface area contributed by atoms with Crippen LogP contribution in [-0.2, 0) is 18.5 Å². The van der Waals surface area contributed by atoms with Crippen molar-refractivity contribution in [1.29, 1.82) is 0 Å². The highest BCUT2D eigenvalue weighted by Crippen LogP contribution is 2.39. The van der Waals surface area contributed by atoms with E-state index in [-0.39, 0.29) is 11.3 Å². The molecule has 0 N–H and O–H groups in total. The van der Waals surface area contributed by atoms with Crippen molar-refractivity contribution in [3.8, 4) is 67.5 Å². The number of nitrogens with zero attached hydrogens (tertiary/aromatic N) is 12. The van der Waals surface area contributed by atoms with Crippen LogP contribution in [0.4, 0.5) is 39.5 Å². The zero-order valence-electron chi connectivity index (χ0n) is 56.4. The quantitative estimate of drug-likeness (QED) is 0.154. The van der Waals surface area contributed by atoms with Crippen LogP contribution in [0.3, 0.4) is 0 Å². The second-order valence-corrected chi connectivity index (χ2v) is 28.1. The number of aromatic nitrogens is 12. The molecule has 0 amide bonds. The first-order chi connectivity index (χ1) is 53.0. The van der Waals surface area contributed by atoms with E-state index < -0.39 is 35.2 Å². The number of alkyl halides is 9. The Morgan fingerprint density at radius 1 is 0.216 bits per heavy atom. The first-order valence-corrected chi connectivity index (χ1v) is 36.1. The summed E-state index contributed by atoms with van der Waals surface area (Å²) in [6.45, 7) is 0. The Morgan fingerprint density at radius 3 is 0.892 bits per heavy atom. The Hall–Kier alpha value is -10.6. The molecule has 0 radical (unpaired) electrons. The molecule has 6 aromatic carbocycles. The van der Waals surface area contributed by atoms with Gasteiger partial charge in [-0.3, -0.25) is 0 Å². The minimum Gasteiger partial charge on any atom is -0.239 e. The van der Waals surface area contributed by atoms with Gasteiger partial charge in [0.05, 0.1) is 119 Å². The first kappa shape index (κ1) is 78.6. The molecule has 12 aromatic heterocycles. The van der Waals surface area contributed by atoms with Gasteiger partial charge in [-0.05, 0) is 170 Å². The minimum atomic E-state index is -4.41. The largest absolute Gasteiger partial charge is 0.417 e. The van der Waals surface area contributed by atoms with E-state index in [1.54, 1.807) is 122 Å². The van der Waals surface area contributed by atoms with Crippen molar-refractivity contribution >= 4 is 138 Å². The van der Waals surface area contributed by atoms with Gasteiger partial charge < -0.3 is 0 Å². The predicted molar refractivity (Wildman–Crippen MR) is 424 cm³/mol. The van der Waals surface area contributed by atoms with Crippen molar-refractivity contribution in [1.82, 2.24) is 57.7 Å². The fraction of sp³-hybridized carbons (Fsp3) is 0.0370. The molecule has 30 heteroatoms. The summed E-state index contributed by atoms with van der Waals surface area (Å²) in [6, 6.07) is 71.1. The molecule has 12 heterocycles. The molecular formula is C81H48Cl9F9N12. The molecule has 0 saturated heterocycles. The fourth-order valence-electron chi connectivity index (χ4n) is 11.2. The van der Waals surface area contributed by atoms with E-state index in [0.29, 0.717) is 68.2 Å². The normalized spacial score (nSPS) is 11.5. The Kier molecular flexibility index (Phi) is 23.8. The van der Waals surface area contributed by atoms with Gasteiger partial charge in [0.2, 0.25) is 0 Å². The predicted octanol–water partition coefficient (Wildman–Crippen LogP) is 26.9. The van der Waals surface area contributed by atoms with E-state index in [2.05, 4.69) is 30.6 Å².